The van der Waals surface area contributed by atoms with Gasteiger partial charge in [-0.1, -0.05) is 17.4 Å². The highest BCUT2D eigenvalue weighted by molar-refractivity contribution is 7.98. The summed E-state index contributed by atoms with van der Waals surface area (Å²) in [6.07, 6.45) is -2.93. The molecule has 21 heavy (non-hydrogen) atoms. The van der Waals surface area contributed by atoms with E-state index in [2.05, 4.69) is 10.3 Å². The predicted molar refractivity (Wildman–Crippen MR) is 75.6 cm³/mol. The molecule has 0 bridgehead atoms. The highest BCUT2D eigenvalue weighted by atomic mass is 32.2. The predicted octanol–water partition coefficient (Wildman–Crippen LogP) is 4.33. The van der Waals surface area contributed by atoms with Gasteiger partial charge in [-0.05, 0) is 24.5 Å². The first kappa shape index (κ1) is 15.6. The summed E-state index contributed by atoms with van der Waals surface area (Å²) in [5.74, 6) is -1.65. The van der Waals surface area contributed by atoms with Crippen molar-refractivity contribution >= 4 is 39.9 Å². The fourth-order valence-corrected chi connectivity index (χ4v) is 2.84. The van der Waals surface area contributed by atoms with E-state index in [4.69, 9.17) is 5.11 Å². The number of hydrogen-bond donors (Lipinski definition) is 2. The Morgan fingerprint density at radius 3 is 2.67 bits per heavy atom. The van der Waals surface area contributed by atoms with Crippen LogP contribution in [-0.4, -0.2) is 22.3 Å². The number of aromatic carboxylic acids is 1. The maximum absolute atomic E-state index is 12.7. The van der Waals surface area contributed by atoms with E-state index in [0.717, 1.165) is 4.90 Å². The highest BCUT2D eigenvalue weighted by Gasteiger charge is 2.39. The number of carboxylic acid groups (broad SMARTS) is 1. The molecule has 0 spiro atoms. The highest BCUT2D eigenvalue weighted by Crippen LogP contribution is 2.37. The van der Waals surface area contributed by atoms with E-state index in [0.29, 0.717) is 17.0 Å². The number of anilines is 2. The Labute approximate surface area is 126 Å². The molecule has 4 nitrogen and oxygen atoms in total. The lowest BCUT2D eigenvalue weighted by atomic mass is 10.3. The number of hydrogen-bond acceptors (Lipinski definition) is 5. The molecule has 0 atom stereocenters. The molecule has 9 heteroatoms. The van der Waals surface area contributed by atoms with E-state index in [1.165, 1.54) is 11.8 Å². The molecule has 1 aromatic heterocycles. The Kier molecular flexibility index (Phi) is 4.43. The number of thioether (sulfide) groups is 1. The average molecular weight is 334 g/mol. The summed E-state index contributed by atoms with van der Waals surface area (Å²) in [5, 5.41) is 11.4. The normalized spacial score (nSPS) is 11.4. The summed E-state index contributed by atoms with van der Waals surface area (Å²) in [6.45, 7) is 0. The number of thiazole rings is 1. The van der Waals surface area contributed by atoms with E-state index in [1.807, 2.05) is 12.3 Å². The lowest BCUT2D eigenvalue weighted by Crippen LogP contribution is -2.11. The number of benzene rings is 1. The molecular formula is C12H9F3N2O2S2. The number of halogens is 3. The van der Waals surface area contributed by atoms with Crippen molar-refractivity contribution in [3.8, 4) is 0 Å². The first-order chi connectivity index (χ1) is 9.81. The second-order valence-electron chi connectivity index (χ2n) is 3.86. The van der Waals surface area contributed by atoms with Crippen molar-refractivity contribution in [3.63, 3.8) is 0 Å². The zero-order valence-corrected chi connectivity index (χ0v) is 12.2. The molecule has 112 valence electrons. The van der Waals surface area contributed by atoms with Crippen LogP contribution in [-0.2, 0) is 6.18 Å². The first-order valence-electron chi connectivity index (χ1n) is 5.53. The smallest absolute Gasteiger partial charge is 0.435 e. The maximum Gasteiger partial charge on any atom is 0.435 e. The van der Waals surface area contributed by atoms with Crippen LogP contribution in [0.5, 0.6) is 0 Å². The number of nitrogens with zero attached hydrogens (tertiary/aromatic N) is 1. The van der Waals surface area contributed by atoms with Crippen LogP contribution in [0.15, 0.2) is 29.2 Å². The molecule has 2 N–H and O–H groups in total. The summed E-state index contributed by atoms with van der Waals surface area (Å²) < 4.78 is 38.2. The van der Waals surface area contributed by atoms with E-state index in [1.54, 1.807) is 18.2 Å². The minimum atomic E-state index is -4.80. The van der Waals surface area contributed by atoms with Gasteiger partial charge in [-0.25, -0.2) is 9.78 Å². The third-order valence-electron chi connectivity index (χ3n) is 2.41. The van der Waals surface area contributed by atoms with Gasteiger partial charge in [0.05, 0.1) is 0 Å². The lowest BCUT2D eigenvalue weighted by Gasteiger charge is -2.04. The van der Waals surface area contributed by atoms with Crippen molar-refractivity contribution in [3.05, 3.63) is 34.8 Å². The van der Waals surface area contributed by atoms with Crippen molar-refractivity contribution in [1.82, 2.24) is 4.98 Å². The van der Waals surface area contributed by atoms with Crippen molar-refractivity contribution < 1.29 is 23.1 Å². The fourth-order valence-electron chi connectivity index (χ4n) is 1.53. The van der Waals surface area contributed by atoms with Gasteiger partial charge in [0.1, 0.15) is 4.88 Å². The SMILES string of the molecule is CSc1cccc(Nc2nc(C(F)(F)F)c(C(=O)O)s2)c1. The molecule has 0 saturated carbocycles. The number of rotatable bonds is 4. The molecule has 2 rings (SSSR count). The third-order valence-corrected chi connectivity index (χ3v) is 4.10. The molecule has 0 saturated heterocycles. The Hall–Kier alpha value is -1.74. The Morgan fingerprint density at radius 1 is 1.43 bits per heavy atom. The van der Waals surface area contributed by atoms with Crippen LogP contribution in [0.1, 0.15) is 15.4 Å². The molecule has 0 amide bonds. The number of carboxylic acids is 1. The average Bonchev–Trinajstić information content (AvgIpc) is 2.83. The number of nitrogens with one attached hydrogen (secondary N) is 1. The Balaban J connectivity index is 2.34. The monoisotopic (exact) mass is 334 g/mol. The van der Waals surface area contributed by atoms with Gasteiger partial charge in [-0.15, -0.1) is 11.8 Å². The van der Waals surface area contributed by atoms with Crippen molar-refractivity contribution in [2.24, 2.45) is 0 Å². The van der Waals surface area contributed by atoms with Crippen molar-refractivity contribution in [2.45, 2.75) is 11.1 Å². The van der Waals surface area contributed by atoms with Gasteiger partial charge < -0.3 is 10.4 Å². The summed E-state index contributed by atoms with van der Waals surface area (Å²) >= 11 is 1.93. The zero-order valence-electron chi connectivity index (χ0n) is 10.6. The van der Waals surface area contributed by atoms with Crippen LogP contribution in [0, 0.1) is 0 Å². The number of aromatic nitrogens is 1. The molecule has 0 fully saturated rings. The topological polar surface area (TPSA) is 62.2 Å². The minimum Gasteiger partial charge on any atom is -0.477 e. The minimum absolute atomic E-state index is 0.113. The van der Waals surface area contributed by atoms with Crippen LogP contribution in [0.2, 0.25) is 0 Å². The second kappa shape index (κ2) is 5.94. The largest absolute Gasteiger partial charge is 0.477 e. The van der Waals surface area contributed by atoms with E-state index >= 15 is 0 Å². The zero-order chi connectivity index (χ0) is 15.6. The molecule has 1 heterocycles. The molecule has 0 unspecified atom stereocenters. The summed E-state index contributed by atoms with van der Waals surface area (Å²) in [5.41, 5.74) is -0.843. The van der Waals surface area contributed by atoms with Gasteiger partial charge in [-0.2, -0.15) is 13.2 Å². The van der Waals surface area contributed by atoms with Gasteiger partial charge in [0.25, 0.3) is 0 Å². The second-order valence-corrected chi connectivity index (χ2v) is 5.74. The van der Waals surface area contributed by atoms with Gasteiger partial charge in [0, 0.05) is 10.6 Å². The fraction of sp³-hybridized carbons (Fsp3) is 0.167. The Morgan fingerprint density at radius 2 is 2.14 bits per heavy atom. The summed E-state index contributed by atoms with van der Waals surface area (Å²) in [7, 11) is 0. The van der Waals surface area contributed by atoms with Crippen molar-refractivity contribution in [1.29, 1.82) is 0 Å². The van der Waals surface area contributed by atoms with E-state index < -0.39 is 22.7 Å². The standard InChI is InChI=1S/C12H9F3N2O2S2/c1-20-7-4-2-3-6(5-7)16-11-17-9(12(13,14)15)8(21-11)10(18)19/h2-5H,1H3,(H,16,17)(H,18,19). The lowest BCUT2D eigenvalue weighted by molar-refractivity contribution is -0.141. The molecule has 0 aliphatic rings. The van der Waals surface area contributed by atoms with Crippen LogP contribution in [0.4, 0.5) is 24.0 Å². The summed E-state index contributed by atoms with van der Waals surface area (Å²) in [4.78, 5) is 14.3. The van der Waals surface area contributed by atoms with Crippen LogP contribution in [0.3, 0.4) is 0 Å². The van der Waals surface area contributed by atoms with Gasteiger partial charge in [0.15, 0.2) is 10.8 Å². The van der Waals surface area contributed by atoms with Crippen LogP contribution < -0.4 is 5.32 Å². The van der Waals surface area contributed by atoms with Gasteiger partial charge in [-0.3, -0.25) is 0 Å². The van der Waals surface area contributed by atoms with E-state index in [9.17, 15) is 18.0 Å². The van der Waals surface area contributed by atoms with Crippen LogP contribution >= 0.6 is 23.1 Å². The summed E-state index contributed by atoms with van der Waals surface area (Å²) in [6, 6.07) is 6.99. The molecule has 0 aliphatic carbocycles. The van der Waals surface area contributed by atoms with Gasteiger partial charge >= 0.3 is 12.1 Å². The number of carbonyl (C=O) groups is 1. The van der Waals surface area contributed by atoms with Crippen LogP contribution in [0.25, 0.3) is 0 Å². The molecule has 2 aromatic rings. The molecule has 0 aliphatic heterocycles. The third kappa shape index (κ3) is 3.67. The molecule has 1 aromatic carbocycles. The van der Waals surface area contributed by atoms with E-state index in [-0.39, 0.29) is 5.13 Å². The molecular weight excluding hydrogens is 325 g/mol. The molecule has 0 radical (unpaired) electrons. The van der Waals surface area contributed by atoms with Gasteiger partial charge in [0.2, 0.25) is 0 Å². The maximum atomic E-state index is 12.7. The van der Waals surface area contributed by atoms with Crippen molar-refractivity contribution in [2.75, 3.05) is 11.6 Å². The first-order valence-corrected chi connectivity index (χ1v) is 7.58. The quantitative estimate of drug-likeness (QED) is 0.815. The Bertz CT molecular complexity index is 671. The number of alkyl halides is 3.